The first kappa shape index (κ1) is 12.4. The fraction of sp³-hybridized carbons (Fsp3) is 0.385. The molecular formula is C13H19N5. The number of anilines is 2. The average molecular weight is 245 g/mol. The van der Waals surface area contributed by atoms with Gasteiger partial charge in [0.15, 0.2) is 0 Å². The summed E-state index contributed by atoms with van der Waals surface area (Å²) in [6, 6.07) is 6.37. The Morgan fingerprint density at radius 2 is 2.11 bits per heavy atom. The Morgan fingerprint density at radius 1 is 1.33 bits per heavy atom. The van der Waals surface area contributed by atoms with E-state index >= 15 is 0 Å². The topological polar surface area (TPSA) is 46.0 Å². The van der Waals surface area contributed by atoms with E-state index in [1.165, 1.54) is 11.3 Å². The first-order chi connectivity index (χ1) is 8.58. The van der Waals surface area contributed by atoms with Crippen LogP contribution in [-0.2, 0) is 13.6 Å². The molecule has 1 N–H and O–H groups in total. The highest BCUT2D eigenvalue weighted by atomic mass is 15.4. The molecule has 0 saturated heterocycles. The second-order valence-corrected chi connectivity index (χ2v) is 4.60. The van der Waals surface area contributed by atoms with Crippen molar-refractivity contribution in [3.8, 4) is 0 Å². The molecule has 1 aromatic heterocycles. The molecule has 0 aliphatic heterocycles. The molecule has 0 fully saturated rings. The molecule has 0 atom stereocenters. The van der Waals surface area contributed by atoms with Crippen LogP contribution >= 0.6 is 0 Å². The lowest BCUT2D eigenvalue weighted by molar-refractivity contribution is 0.683. The highest BCUT2D eigenvalue weighted by Gasteiger charge is 2.03. The highest BCUT2D eigenvalue weighted by Crippen LogP contribution is 2.22. The summed E-state index contributed by atoms with van der Waals surface area (Å²) in [4.78, 5) is 2.12. The second kappa shape index (κ2) is 5.08. The average Bonchev–Trinajstić information content (AvgIpc) is 2.73. The number of nitrogens with one attached hydrogen (secondary N) is 1. The van der Waals surface area contributed by atoms with E-state index < -0.39 is 0 Å². The zero-order valence-corrected chi connectivity index (χ0v) is 11.3. The summed E-state index contributed by atoms with van der Waals surface area (Å²) in [6.07, 6.45) is 1.77. The van der Waals surface area contributed by atoms with E-state index in [-0.39, 0.29) is 0 Å². The molecule has 1 heterocycles. The molecule has 5 nitrogen and oxygen atoms in total. The van der Waals surface area contributed by atoms with Gasteiger partial charge in [-0.05, 0) is 24.6 Å². The van der Waals surface area contributed by atoms with Crippen molar-refractivity contribution in [2.75, 3.05) is 24.3 Å². The molecule has 0 spiro atoms. The zero-order chi connectivity index (χ0) is 13.1. The Labute approximate surface area is 107 Å². The summed E-state index contributed by atoms with van der Waals surface area (Å²) >= 11 is 0. The van der Waals surface area contributed by atoms with Crippen molar-refractivity contribution in [2.24, 2.45) is 7.05 Å². The smallest absolute Gasteiger partial charge is 0.0774 e. The van der Waals surface area contributed by atoms with E-state index in [4.69, 9.17) is 0 Å². The largest absolute Gasteiger partial charge is 0.379 e. The van der Waals surface area contributed by atoms with Crippen LogP contribution in [-0.4, -0.2) is 29.1 Å². The van der Waals surface area contributed by atoms with E-state index in [0.717, 1.165) is 17.9 Å². The summed E-state index contributed by atoms with van der Waals surface area (Å²) in [5.41, 5.74) is 4.66. The number of hydrogen-bond acceptors (Lipinski definition) is 4. The molecule has 0 unspecified atom stereocenters. The van der Waals surface area contributed by atoms with Crippen molar-refractivity contribution in [1.29, 1.82) is 0 Å². The maximum Gasteiger partial charge on any atom is 0.0774 e. The minimum atomic E-state index is 0.722. The molecular weight excluding hydrogens is 226 g/mol. The van der Waals surface area contributed by atoms with Crippen LogP contribution in [0.15, 0.2) is 24.4 Å². The third kappa shape index (κ3) is 2.61. The summed E-state index contributed by atoms with van der Waals surface area (Å²) in [5.74, 6) is 0. The van der Waals surface area contributed by atoms with Gasteiger partial charge in [0, 0.05) is 32.5 Å². The highest BCUT2D eigenvalue weighted by molar-refractivity contribution is 5.61. The van der Waals surface area contributed by atoms with E-state index in [1.807, 2.05) is 7.05 Å². The molecule has 0 aliphatic carbocycles. The maximum atomic E-state index is 3.91. The molecule has 96 valence electrons. The van der Waals surface area contributed by atoms with E-state index in [0.29, 0.717) is 0 Å². The molecule has 0 amide bonds. The second-order valence-electron chi connectivity index (χ2n) is 4.60. The van der Waals surface area contributed by atoms with Crippen molar-refractivity contribution >= 4 is 11.4 Å². The van der Waals surface area contributed by atoms with Gasteiger partial charge in [-0.25, -0.2) is 0 Å². The third-order valence-corrected chi connectivity index (χ3v) is 2.97. The van der Waals surface area contributed by atoms with Crippen LogP contribution in [0.3, 0.4) is 0 Å². The first-order valence-electron chi connectivity index (χ1n) is 5.93. The van der Waals surface area contributed by atoms with Crippen molar-refractivity contribution in [3.05, 3.63) is 35.7 Å². The number of nitrogens with zero attached hydrogens (tertiary/aromatic N) is 4. The predicted octanol–water partition coefficient (Wildman–Crippen LogP) is 1.80. The third-order valence-electron chi connectivity index (χ3n) is 2.97. The summed E-state index contributed by atoms with van der Waals surface area (Å²) in [7, 11) is 6.00. The van der Waals surface area contributed by atoms with E-state index in [2.05, 4.69) is 59.7 Å². The Bertz CT molecular complexity index is 530. The van der Waals surface area contributed by atoms with Crippen LogP contribution in [0.5, 0.6) is 0 Å². The van der Waals surface area contributed by atoms with Crippen molar-refractivity contribution in [3.63, 3.8) is 0 Å². The Hall–Kier alpha value is -2.04. The van der Waals surface area contributed by atoms with E-state index in [9.17, 15) is 0 Å². The first-order valence-corrected chi connectivity index (χ1v) is 5.93. The van der Waals surface area contributed by atoms with Crippen molar-refractivity contribution < 1.29 is 0 Å². The lowest BCUT2D eigenvalue weighted by atomic mass is 10.1. The number of aromatic nitrogens is 3. The van der Waals surface area contributed by atoms with Crippen LogP contribution in [0.4, 0.5) is 11.4 Å². The minimum absolute atomic E-state index is 0.722. The fourth-order valence-electron chi connectivity index (χ4n) is 1.86. The molecule has 2 aromatic rings. The van der Waals surface area contributed by atoms with Gasteiger partial charge in [-0.2, -0.15) is 0 Å². The van der Waals surface area contributed by atoms with Gasteiger partial charge in [0.25, 0.3) is 0 Å². The van der Waals surface area contributed by atoms with Crippen LogP contribution in [0.1, 0.15) is 11.3 Å². The van der Waals surface area contributed by atoms with Crippen molar-refractivity contribution in [2.45, 2.75) is 13.5 Å². The quantitative estimate of drug-likeness (QED) is 0.892. The monoisotopic (exact) mass is 245 g/mol. The number of hydrogen-bond donors (Lipinski definition) is 1. The van der Waals surface area contributed by atoms with Crippen molar-refractivity contribution in [1.82, 2.24) is 15.0 Å². The standard InChI is InChI=1S/C13H19N5/c1-10-5-6-11(7-13(10)17(2)3)14-8-12-9-15-16-18(12)4/h5-7,9,14H,8H2,1-4H3. The Morgan fingerprint density at radius 3 is 2.72 bits per heavy atom. The fourth-order valence-corrected chi connectivity index (χ4v) is 1.86. The van der Waals surface area contributed by atoms with E-state index in [1.54, 1.807) is 10.9 Å². The van der Waals surface area contributed by atoms with Gasteiger partial charge in [0.1, 0.15) is 0 Å². The Balaban J connectivity index is 2.10. The predicted molar refractivity (Wildman–Crippen MR) is 73.8 cm³/mol. The normalized spacial score (nSPS) is 10.4. The zero-order valence-electron chi connectivity index (χ0n) is 11.3. The number of benzene rings is 1. The van der Waals surface area contributed by atoms with Crippen LogP contribution in [0.25, 0.3) is 0 Å². The maximum absolute atomic E-state index is 3.91. The minimum Gasteiger partial charge on any atom is -0.379 e. The van der Waals surface area contributed by atoms with Gasteiger partial charge in [-0.15, -0.1) is 5.10 Å². The summed E-state index contributed by atoms with van der Waals surface area (Å²) in [5, 5.41) is 11.1. The van der Waals surface area contributed by atoms with Gasteiger partial charge in [0.2, 0.25) is 0 Å². The van der Waals surface area contributed by atoms with Gasteiger partial charge in [0.05, 0.1) is 18.4 Å². The summed E-state index contributed by atoms with van der Waals surface area (Å²) in [6.45, 7) is 2.84. The molecule has 2 rings (SSSR count). The molecule has 0 bridgehead atoms. The van der Waals surface area contributed by atoms with Gasteiger partial charge in [-0.1, -0.05) is 11.3 Å². The van der Waals surface area contributed by atoms with Crippen LogP contribution in [0.2, 0.25) is 0 Å². The SMILES string of the molecule is Cc1ccc(NCc2cnnn2C)cc1N(C)C. The van der Waals surface area contributed by atoms with Crippen LogP contribution < -0.4 is 10.2 Å². The lowest BCUT2D eigenvalue weighted by Crippen LogP contribution is -2.11. The molecule has 0 radical (unpaired) electrons. The molecule has 0 saturated carbocycles. The lowest BCUT2D eigenvalue weighted by Gasteiger charge is -2.17. The molecule has 5 heteroatoms. The number of aryl methyl sites for hydroxylation is 2. The van der Waals surface area contributed by atoms with Gasteiger partial charge in [-0.3, -0.25) is 4.68 Å². The molecule has 0 aliphatic rings. The van der Waals surface area contributed by atoms with Gasteiger partial charge < -0.3 is 10.2 Å². The molecule has 1 aromatic carbocycles. The van der Waals surface area contributed by atoms with Gasteiger partial charge >= 0.3 is 0 Å². The van der Waals surface area contributed by atoms with Crippen LogP contribution in [0, 0.1) is 6.92 Å². The number of rotatable bonds is 4. The summed E-state index contributed by atoms with van der Waals surface area (Å²) < 4.78 is 1.77. The molecule has 18 heavy (non-hydrogen) atoms. The Kier molecular flexibility index (Phi) is 3.50.